The van der Waals surface area contributed by atoms with E-state index in [1.807, 2.05) is 0 Å². The summed E-state index contributed by atoms with van der Waals surface area (Å²) in [5.74, 6) is -0.599. The second-order valence-electron chi connectivity index (χ2n) is 5.54. The monoisotopic (exact) mass is 280 g/mol. The maximum atomic E-state index is 11.6. The highest BCUT2D eigenvalue weighted by Gasteiger charge is 2.23. The average molecular weight is 280 g/mol. The maximum Gasteiger partial charge on any atom is 0.408 e. The summed E-state index contributed by atoms with van der Waals surface area (Å²) < 4.78 is 5.04. The highest BCUT2D eigenvalue weighted by atomic mass is 16.6. The number of benzene rings is 1. The highest BCUT2D eigenvalue weighted by Crippen LogP contribution is 2.13. The van der Waals surface area contributed by atoms with Crippen LogP contribution < -0.4 is 11.1 Å². The van der Waals surface area contributed by atoms with Crippen LogP contribution in [0.25, 0.3) is 0 Å². The Hall–Kier alpha value is -2.24. The van der Waals surface area contributed by atoms with Crippen LogP contribution in [-0.4, -0.2) is 28.7 Å². The zero-order valence-electron chi connectivity index (χ0n) is 11.8. The summed E-state index contributed by atoms with van der Waals surface area (Å²) >= 11 is 0. The molecule has 0 fully saturated rings. The number of carbonyl (C=O) groups excluding carboxylic acids is 2. The third-order valence-electron chi connectivity index (χ3n) is 2.40. The molecule has 0 unspecified atom stereocenters. The fourth-order valence-corrected chi connectivity index (χ4v) is 1.51. The van der Waals surface area contributed by atoms with Gasteiger partial charge in [-0.1, -0.05) is 12.1 Å². The van der Waals surface area contributed by atoms with E-state index in [0.717, 1.165) is 5.56 Å². The van der Waals surface area contributed by atoms with Crippen molar-refractivity contribution in [2.75, 3.05) is 0 Å². The summed E-state index contributed by atoms with van der Waals surface area (Å²) in [5, 5.41) is 11.8. The average Bonchev–Trinajstić information content (AvgIpc) is 2.28. The van der Waals surface area contributed by atoms with Crippen molar-refractivity contribution in [3.05, 3.63) is 29.8 Å². The van der Waals surface area contributed by atoms with Gasteiger partial charge in [0.05, 0.1) is 0 Å². The largest absolute Gasteiger partial charge is 0.508 e. The summed E-state index contributed by atoms with van der Waals surface area (Å²) in [5.41, 5.74) is 5.50. The molecular formula is C14H20N2O4. The first-order valence-corrected chi connectivity index (χ1v) is 6.23. The zero-order valence-corrected chi connectivity index (χ0v) is 11.8. The van der Waals surface area contributed by atoms with E-state index in [0.29, 0.717) is 0 Å². The van der Waals surface area contributed by atoms with Crippen molar-refractivity contribution in [2.45, 2.75) is 38.8 Å². The van der Waals surface area contributed by atoms with E-state index in [4.69, 9.17) is 10.5 Å². The van der Waals surface area contributed by atoms with Gasteiger partial charge < -0.3 is 20.9 Å². The summed E-state index contributed by atoms with van der Waals surface area (Å²) in [4.78, 5) is 23.0. The highest BCUT2D eigenvalue weighted by molar-refractivity contribution is 5.82. The van der Waals surface area contributed by atoms with Crippen LogP contribution in [0.1, 0.15) is 26.3 Å². The van der Waals surface area contributed by atoms with E-state index < -0.39 is 23.6 Å². The zero-order chi connectivity index (χ0) is 15.3. The van der Waals surface area contributed by atoms with Gasteiger partial charge in [-0.15, -0.1) is 0 Å². The lowest BCUT2D eigenvalue weighted by Gasteiger charge is -2.22. The maximum absolute atomic E-state index is 11.6. The molecule has 20 heavy (non-hydrogen) atoms. The van der Waals surface area contributed by atoms with Gasteiger partial charge >= 0.3 is 6.09 Å². The van der Waals surface area contributed by atoms with Crippen LogP contribution in [0.15, 0.2) is 24.3 Å². The van der Waals surface area contributed by atoms with Gasteiger partial charge in [0.2, 0.25) is 0 Å². The van der Waals surface area contributed by atoms with E-state index in [-0.39, 0.29) is 12.2 Å². The summed E-state index contributed by atoms with van der Waals surface area (Å²) in [6.45, 7) is 5.40. The minimum Gasteiger partial charge on any atom is -0.508 e. The Kier molecular flexibility index (Phi) is 4.96. The molecular weight excluding hydrogens is 260 g/mol. The molecule has 0 aliphatic heterocycles. The Bertz CT molecular complexity index is 477. The van der Waals surface area contributed by atoms with Crippen LogP contribution in [-0.2, 0) is 16.0 Å². The molecule has 0 saturated carbocycles. The van der Waals surface area contributed by atoms with Crippen molar-refractivity contribution < 1.29 is 19.4 Å². The van der Waals surface area contributed by atoms with Crippen LogP contribution in [0.3, 0.4) is 0 Å². The third-order valence-corrected chi connectivity index (χ3v) is 2.40. The van der Waals surface area contributed by atoms with Gasteiger partial charge in [-0.25, -0.2) is 4.79 Å². The second kappa shape index (κ2) is 6.27. The standard InChI is InChI=1S/C14H20N2O4/c1-14(2,3)16-13(19)20-11(12(15)18)8-9-4-6-10(17)7-5-9/h4-7,11,17H,8H2,1-3H3,(H2,15,18)(H,16,19)/t11-/m0/s1. The van der Waals surface area contributed by atoms with Gasteiger partial charge in [0.1, 0.15) is 5.75 Å². The molecule has 0 radical (unpaired) electrons. The van der Waals surface area contributed by atoms with Crippen LogP contribution in [0, 0.1) is 0 Å². The van der Waals surface area contributed by atoms with Gasteiger partial charge in [0.25, 0.3) is 5.91 Å². The van der Waals surface area contributed by atoms with Crippen LogP contribution in [0.4, 0.5) is 4.79 Å². The smallest absolute Gasteiger partial charge is 0.408 e. The molecule has 2 amide bonds. The topological polar surface area (TPSA) is 102 Å². The van der Waals surface area contributed by atoms with Gasteiger partial charge in [-0.05, 0) is 38.5 Å². The minimum absolute atomic E-state index is 0.121. The number of nitrogens with two attached hydrogens (primary N) is 1. The van der Waals surface area contributed by atoms with E-state index in [1.54, 1.807) is 32.9 Å². The molecule has 1 atom stereocenters. The van der Waals surface area contributed by atoms with Crippen LogP contribution >= 0.6 is 0 Å². The van der Waals surface area contributed by atoms with Crippen molar-refractivity contribution in [2.24, 2.45) is 5.73 Å². The predicted molar refractivity (Wildman–Crippen MR) is 74.2 cm³/mol. The number of ether oxygens (including phenoxy) is 1. The summed E-state index contributed by atoms with van der Waals surface area (Å²) in [7, 11) is 0. The lowest BCUT2D eigenvalue weighted by Crippen LogP contribution is -2.45. The number of phenols is 1. The SMILES string of the molecule is CC(C)(C)NC(=O)O[C@@H](Cc1ccc(O)cc1)C(N)=O. The molecule has 0 spiro atoms. The summed E-state index contributed by atoms with van der Waals surface area (Å²) in [6.07, 6.45) is -1.59. The number of carbonyl (C=O) groups is 2. The summed E-state index contributed by atoms with van der Waals surface area (Å²) in [6, 6.07) is 6.25. The number of hydrogen-bond donors (Lipinski definition) is 3. The van der Waals surface area contributed by atoms with Crippen molar-refractivity contribution >= 4 is 12.0 Å². The Labute approximate surface area is 117 Å². The number of rotatable bonds is 4. The first-order chi connectivity index (χ1) is 9.17. The van der Waals surface area contributed by atoms with Crippen molar-refractivity contribution in [1.29, 1.82) is 0 Å². The molecule has 1 aromatic carbocycles. The van der Waals surface area contributed by atoms with E-state index in [1.165, 1.54) is 12.1 Å². The van der Waals surface area contributed by atoms with Crippen LogP contribution in [0.5, 0.6) is 5.75 Å². The Morgan fingerprint density at radius 1 is 1.30 bits per heavy atom. The Balaban J connectivity index is 2.68. The number of aromatic hydroxyl groups is 1. The molecule has 0 aliphatic carbocycles. The van der Waals surface area contributed by atoms with E-state index >= 15 is 0 Å². The number of alkyl carbamates (subject to hydrolysis) is 1. The molecule has 1 rings (SSSR count). The van der Waals surface area contributed by atoms with Crippen molar-refractivity contribution in [3.63, 3.8) is 0 Å². The first kappa shape index (κ1) is 15.8. The molecule has 0 aromatic heterocycles. The Morgan fingerprint density at radius 2 is 1.85 bits per heavy atom. The lowest BCUT2D eigenvalue weighted by atomic mass is 10.1. The van der Waals surface area contributed by atoms with Crippen molar-refractivity contribution in [3.8, 4) is 5.75 Å². The molecule has 4 N–H and O–H groups in total. The first-order valence-electron chi connectivity index (χ1n) is 6.23. The van der Waals surface area contributed by atoms with Crippen LogP contribution in [0.2, 0.25) is 0 Å². The number of phenolic OH excluding ortho intramolecular Hbond substituents is 1. The number of primary amides is 1. The second-order valence-corrected chi connectivity index (χ2v) is 5.54. The predicted octanol–water partition coefficient (Wildman–Crippen LogP) is 1.31. The molecule has 110 valence electrons. The quantitative estimate of drug-likeness (QED) is 0.774. The molecule has 6 nitrogen and oxygen atoms in total. The minimum atomic E-state index is -1.05. The van der Waals surface area contributed by atoms with E-state index in [2.05, 4.69) is 5.32 Å². The molecule has 1 aromatic rings. The van der Waals surface area contributed by atoms with Gasteiger partial charge in [-0.3, -0.25) is 4.79 Å². The molecule has 0 bridgehead atoms. The molecule has 0 aliphatic rings. The fraction of sp³-hybridized carbons (Fsp3) is 0.429. The third kappa shape index (κ3) is 5.60. The van der Waals surface area contributed by atoms with Gasteiger partial charge in [0, 0.05) is 12.0 Å². The number of nitrogens with one attached hydrogen (secondary N) is 1. The molecule has 0 heterocycles. The van der Waals surface area contributed by atoms with Gasteiger partial charge in [0.15, 0.2) is 6.10 Å². The van der Waals surface area contributed by atoms with Gasteiger partial charge in [-0.2, -0.15) is 0 Å². The number of hydrogen-bond acceptors (Lipinski definition) is 4. The molecule has 6 heteroatoms. The number of amides is 2. The lowest BCUT2D eigenvalue weighted by molar-refractivity contribution is -0.126. The normalized spacial score (nSPS) is 12.6. The van der Waals surface area contributed by atoms with Crippen molar-refractivity contribution in [1.82, 2.24) is 5.32 Å². The molecule has 0 saturated heterocycles. The Morgan fingerprint density at radius 3 is 2.30 bits per heavy atom. The fourth-order valence-electron chi connectivity index (χ4n) is 1.51. The van der Waals surface area contributed by atoms with E-state index in [9.17, 15) is 14.7 Å².